The first-order chi connectivity index (χ1) is 9.10. The SMILES string of the molecule is COc1cccc(N(C)Cc2cc(F)ccc2O)c1. The standard InChI is InChI=1S/C15H16FNO2/c1-17(13-4-3-5-14(9-13)19-2)10-11-8-12(16)6-7-15(11)18/h3-9,18H,10H2,1-2H3. The maximum absolute atomic E-state index is 13.2. The molecule has 3 nitrogen and oxygen atoms in total. The average molecular weight is 261 g/mol. The Hall–Kier alpha value is -2.23. The predicted molar refractivity (Wildman–Crippen MR) is 73.2 cm³/mol. The van der Waals surface area contributed by atoms with Crippen molar-refractivity contribution in [3.8, 4) is 11.5 Å². The van der Waals surface area contributed by atoms with Gasteiger partial charge in [0.05, 0.1) is 7.11 Å². The summed E-state index contributed by atoms with van der Waals surface area (Å²) >= 11 is 0. The number of benzene rings is 2. The van der Waals surface area contributed by atoms with Crippen molar-refractivity contribution in [2.75, 3.05) is 19.1 Å². The van der Waals surface area contributed by atoms with Crippen LogP contribution in [0.4, 0.5) is 10.1 Å². The van der Waals surface area contributed by atoms with Crippen molar-refractivity contribution in [2.45, 2.75) is 6.54 Å². The van der Waals surface area contributed by atoms with Gasteiger partial charge in [0.1, 0.15) is 17.3 Å². The number of halogens is 1. The van der Waals surface area contributed by atoms with E-state index in [0.717, 1.165) is 11.4 Å². The van der Waals surface area contributed by atoms with E-state index in [-0.39, 0.29) is 11.6 Å². The van der Waals surface area contributed by atoms with Gasteiger partial charge in [-0.25, -0.2) is 4.39 Å². The molecular weight excluding hydrogens is 245 g/mol. The largest absolute Gasteiger partial charge is 0.508 e. The second-order valence-electron chi connectivity index (χ2n) is 4.33. The van der Waals surface area contributed by atoms with E-state index >= 15 is 0 Å². The van der Waals surface area contributed by atoms with Crippen molar-refractivity contribution in [3.05, 3.63) is 53.8 Å². The van der Waals surface area contributed by atoms with Crippen LogP contribution >= 0.6 is 0 Å². The Bertz CT molecular complexity index is 572. The van der Waals surface area contributed by atoms with E-state index in [1.165, 1.54) is 18.2 Å². The molecule has 0 spiro atoms. The highest BCUT2D eigenvalue weighted by molar-refractivity contribution is 5.51. The summed E-state index contributed by atoms with van der Waals surface area (Å²) in [6.45, 7) is 0.413. The third-order valence-electron chi connectivity index (χ3n) is 2.94. The Labute approximate surface area is 111 Å². The lowest BCUT2D eigenvalue weighted by Crippen LogP contribution is -2.16. The van der Waals surface area contributed by atoms with Gasteiger partial charge < -0.3 is 14.7 Å². The van der Waals surface area contributed by atoms with Crippen molar-refractivity contribution in [1.29, 1.82) is 0 Å². The van der Waals surface area contributed by atoms with Crippen molar-refractivity contribution in [2.24, 2.45) is 0 Å². The number of aromatic hydroxyl groups is 1. The van der Waals surface area contributed by atoms with Crippen molar-refractivity contribution in [1.82, 2.24) is 0 Å². The molecule has 2 rings (SSSR count). The van der Waals surface area contributed by atoms with Gasteiger partial charge in [-0.1, -0.05) is 6.07 Å². The molecule has 0 amide bonds. The van der Waals surface area contributed by atoms with Crippen LogP contribution in [0.2, 0.25) is 0 Å². The van der Waals surface area contributed by atoms with Gasteiger partial charge in [-0.2, -0.15) is 0 Å². The number of ether oxygens (including phenoxy) is 1. The quantitative estimate of drug-likeness (QED) is 0.917. The van der Waals surface area contributed by atoms with E-state index < -0.39 is 0 Å². The van der Waals surface area contributed by atoms with Gasteiger partial charge in [-0.05, 0) is 30.3 Å². The number of methoxy groups -OCH3 is 1. The molecule has 0 fully saturated rings. The zero-order valence-electron chi connectivity index (χ0n) is 10.9. The van der Waals surface area contributed by atoms with Crippen molar-refractivity contribution < 1.29 is 14.2 Å². The molecule has 2 aromatic rings. The second-order valence-corrected chi connectivity index (χ2v) is 4.33. The monoisotopic (exact) mass is 261 g/mol. The van der Waals surface area contributed by atoms with E-state index in [2.05, 4.69) is 0 Å². The van der Waals surface area contributed by atoms with Crippen LogP contribution in [0.5, 0.6) is 11.5 Å². The lowest BCUT2D eigenvalue weighted by Gasteiger charge is -2.20. The number of phenolic OH excluding ortho intramolecular Hbond substituents is 1. The molecule has 0 radical (unpaired) electrons. The normalized spacial score (nSPS) is 10.3. The van der Waals surface area contributed by atoms with Crippen LogP contribution < -0.4 is 9.64 Å². The number of hydrogen-bond donors (Lipinski definition) is 1. The average Bonchev–Trinajstić information content (AvgIpc) is 2.43. The summed E-state index contributed by atoms with van der Waals surface area (Å²) in [7, 11) is 3.48. The number of nitrogens with zero attached hydrogens (tertiary/aromatic N) is 1. The van der Waals surface area contributed by atoms with E-state index in [0.29, 0.717) is 12.1 Å². The fraction of sp³-hybridized carbons (Fsp3) is 0.200. The van der Waals surface area contributed by atoms with Crippen molar-refractivity contribution in [3.63, 3.8) is 0 Å². The molecule has 0 bridgehead atoms. The molecule has 0 aliphatic heterocycles. The van der Waals surface area contributed by atoms with E-state index in [9.17, 15) is 9.50 Å². The molecule has 0 atom stereocenters. The van der Waals surface area contributed by atoms with E-state index in [1.54, 1.807) is 7.11 Å². The van der Waals surface area contributed by atoms with Gasteiger partial charge in [0.25, 0.3) is 0 Å². The van der Waals surface area contributed by atoms with Gasteiger partial charge in [-0.15, -0.1) is 0 Å². The third kappa shape index (κ3) is 3.16. The summed E-state index contributed by atoms with van der Waals surface area (Å²) in [5.74, 6) is 0.496. The van der Waals surface area contributed by atoms with Gasteiger partial charge >= 0.3 is 0 Å². The van der Waals surface area contributed by atoms with E-state index in [4.69, 9.17) is 4.74 Å². The molecule has 0 aliphatic carbocycles. The van der Waals surface area contributed by atoms with Crippen LogP contribution in [-0.4, -0.2) is 19.3 Å². The third-order valence-corrected chi connectivity index (χ3v) is 2.94. The Kier molecular flexibility index (Phi) is 3.90. The molecular formula is C15H16FNO2. The fourth-order valence-electron chi connectivity index (χ4n) is 1.88. The molecule has 0 aliphatic rings. The lowest BCUT2D eigenvalue weighted by atomic mass is 10.1. The maximum atomic E-state index is 13.2. The zero-order valence-corrected chi connectivity index (χ0v) is 10.9. The molecule has 4 heteroatoms. The molecule has 0 aromatic heterocycles. The van der Waals surface area contributed by atoms with Crippen LogP contribution in [0.15, 0.2) is 42.5 Å². The molecule has 19 heavy (non-hydrogen) atoms. The maximum Gasteiger partial charge on any atom is 0.123 e. The van der Waals surface area contributed by atoms with Crippen LogP contribution in [0.25, 0.3) is 0 Å². The van der Waals surface area contributed by atoms with Crippen LogP contribution in [0, 0.1) is 5.82 Å². The number of hydrogen-bond acceptors (Lipinski definition) is 3. The molecule has 100 valence electrons. The topological polar surface area (TPSA) is 32.7 Å². The fourth-order valence-corrected chi connectivity index (χ4v) is 1.88. The zero-order chi connectivity index (χ0) is 13.8. The molecule has 2 aromatic carbocycles. The minimum atomic E-state index is -0.355. The first-order valence-corrected chi connectivity index (χ1v) is 5.92. The second kappa shape index (κ2) is 5.61. The Balaban J connectivity index is 2.20. The van der Waals surface area contributed by atoms with Gasteiger partial charge in [0.15, 0.2) is 0 Å². The first-order valence-electron chi connectivity index (χ1n) is 5.92. The molecule has 1 N–H and O–H groups in total. The van der Waals surface area contributed by atoms with Crippen LogP contribution in [-0.2, 0) is 6.54 Å². The molecule has 0 saturated heterocycles. The molecule has 0 saturated carbocycles. The predicted octanol–water partition coefficient (Wildman–Crippen LogP) is 3.18. The first kappa shape index (κ1) is 13.2. The van der Waals surface area contributed by atoms with Crippen LogP contribution in [0.3, 0.4) is 0 Å². The number of phenols is 1. The van der Waals surface area contributed by atoms with Gasteiger partial charge in [0.2, 0.25) is 0 Å². The highest BCUT2D eigenvalue weighted by Gasteiger charge is 2.08. The number of anilines is 1. The molecule has 0 unspecified atom stereocenters. The number of rotatable bonds is 4. The van der Waals surface area contributed by atoms with Crippen molar-refractivity contribution >= 4 is 5.69 Å². The molecule has 0 heterocycles. The smallest absolute Gasteiger partial charge is 0.123 e. The minimum absolute atomic E-state index is 0.0937. The van der Waals surface area contributed by atoms with E-state index in [1.807, 2.05) is 36.2 Å². The summed E-state index contributed by atoms with van der Waals surface area (Å²) in [5, 5.41) is 9.71. The summed E-state index contributed by atoms with van der Waals surface area (Å²) in [5.41, 5.74) is 1.48. The Morgan fingerprint density at radius 3 is 2.74 bits per heavy atom. The summed E-state index contributed by atoms with van der Waals surface area (Å²) < 4.78 is 18.3. The summed E-state index contributed by atoms with van der Waals surface area (Å²) in [6, 6.07) is 11.5. The minimum Gasteiger partial charge on any atom is -0.508 e. The summed E-state index contributed by atoms with van der Waals surface area (Å²) in [6.07, 6.45) is 0. The lowest BCUT2D eigenvalue weighted by molar-refractivity contribution is 0.415. The van der Waals surface area contributed by atoms with Crippen LogP contribution in [0.1, 0.15) is 5.56 Å². The van der Waals surface area contributed by atoms with Gasteiger partial charge in [-0.3, -0.25) is 0 Å². The highest BCUT2D eigenvalue weighted by Crippen LogP contribution is 2.24. The Morgan fingerprint density at radius 2 is 2.00 bits per heavy atom. The van der Waals surface area contributed by atoms with Gasteiger partial charge in [0, 0.05) is 30.9 Å². The summed E-state index contributed by atoms with van der Waals surface area (Å²) in [4.78, 5) is 1.91. The Morgan fingerprint density at radius 1 is 1.21 bits per heavy atom. The highest BCUT2D eigenvalue weighted by atomic mass is 19.1.